The van der Waals surface area contributed by atoms with Gasteiger partial charge in [0.25, 0.3) is 0 Å². The molecule has 0 atom stereocenters. The van der Waals surface area contributed by atoms with Crippen LogP contribution >= 0.6 is 0 Å². The van der Waals surface area contributed by atoms with Gasteiger partial charge < -0.3 is 14.4 Å². The van der Waals surface area contributed by atoms with E-state index in [2.05, 4.69) is 4.74 Å². The normalized spacial score (nSPS) is 10.8. The Bertz CT molecular complexity index is 875. The number of aromatic nitrogens is 1. The molecule has 0 radical (unpaired) electrons. The molecule has 1 N–H and O–H groups in total. The summed E-state index contributed by atoms with van der Waals surface area (Å²) in [4.78, 5) is 34.8. The molecule has 0 unspecified atom stereocenters. The van der Waals surface area contributed by atoms with Crippen LogP contribution in [0.5, 0.6) is 0 Å². The fourth-order valence-electron chi connectivity index (χ4n) is 2.09. The summed E-state index contributed by atoms with van der Waals surface area (Å²) >= 11 is 0. The summed E-state index contributed by atoms with van der Waals surface area (Å²) < 4.78 is 46.0. The molecule has 122 valence electrons. The van der Waals surface area contributed by atoms with E-state index < -0.39 is 57.8 Å². The largest absolute Gasteiger partial charge is 0.480 e. The van der Waals surface area contributed by atoms with Gasteiger partial charge in [-0.2, -0.15) is 0 Å². The number of fused-ring (bicyclic) bond motifs is 1. The standard InChI is InChI=1S/C14H10F3NO5/c1-2-23-14(22)7-4-18(5-9(19)20)12-6(13(7)21)3-8(15)10(16)11(12)17/h3-4H,2,5H2,1H3,(H,19,20). The first kappa shape index (κ1) is 16.5. The number of esters is 1. The molecule has 0 aliphatic heterocycles. The van der Waals surface area contributed by atoms with Crippen molar-refractivity contribution in [2.24, 2.45) is 0 Å². The Balaban J connectivity index is 2.91. The first-order valence-electron chi connectivity index (χ1n) is 6.37. The number of carboxylic acids is 1. The molecule has 0 aliphatic rings. The summed E-state index contributed by atoms with van der Waals surface area (Å²) in [6.45, 7) is 0.538. The van der Waals surface area contributed by atoms with Crippen molar-refractivity contribution in [1.29, 1.82) is 0 Å². The average Bonchev–Trinajstić information content (AvgIpc) is 2.47. The van der Waals surface area contributed by atoms with Gasteiger partial charge in [0.2, 0.25) is 5.43 Å². The van der Waals surface area contributed by atoms with Crippen molar-refractivity contribution in [2.75, 3.05) is 6.61 Å². The number of ether oxygens (including phenoxy) is 1. The third-order valence-electron chi connectivity index (χ3n) is 3.00. The number of hydrogen-bond acceptors (Lipinski definition) is 4. The average molecular weight is 329 g/mol. The van der Waals surface area contributed by atoms with Crippen molar-refractivity contribution in [3.8, 4) is 0 Å². The summed E-state index contributed by atoms with van der Waals surface area (Å²) in [6.07, 6.45) is 0.747. The van der Waals surface area contributed by atoms with Crippen LogP contribution < -0.4 is 5.43 Å². The van der Waals surface area contributed by atoms with Gasteiger partial charge in [0.15, 0.2) is 17.5 Å². The number of halogens is 3. The summed E-state index contributed by atoms with van der Waals surface area (Å²) in [5.41, 5.74) is -2.44. The molecular weight excluding hydrogens is 319 g/mol. The van der Waals surface area contributed by atoms with Crippen LogP contribution in [0.3, 0.4) is 0 Å². The highest BCUT2D eigenvalue weighted by Gasteiger charge is 2.23. The van der Waals surface area contributed by atoms with E-state index >= 15 is 0 Å². The smallest absolute Gasteiger partial charge is 0.343 e. The monoisotopic (exact) mass is 329 g/mol. The van der Waals surface area contributed by atoms with Crippen LogP contribution in [-0.4, -0.2) is 28.2 Å². The predicted molar refractivity (Wildman–Crippen MR) is 71.7 cm³/mol. The van der Waals surface area contributed by atoms with E-state index in [4.69, 9.17) is 5.11 Å². The van der Waals surface area contributed by atoms with E-state index in [1.807, 2.05) is 0 Å². The van der Waals surface area contributed by atoms with Gasteiger partial charge in [-0.3, -0.25) is 9.59 Å². The number of carbonyl (C=O) groups excluding carboxylic acids is 1. The van der Waals surface area contributed by atoms with Crippen LogP contribution in [0, 0.1) is 17.5 Å². The maximum absolute atomic E-state index is 13.9. The lowest BCUT2D eigenvalue weighted by Gasteiger charge is -2.12. The number of hydrogen-bond donors (Lipinski definition) is 1. The van der Waals surface area contributed by atoms with Crippen molar-refractivity contribution in [2.45, 2.75) is 13.5 Å². The van der Waals surface area contributed by atoms with E-state index in [0.29, 0.717) is 10.6 Å². The van der Waals surface area contributed by atoms with Crippen molar-refractivity contribution in [3.63, 3.8) is 0 Å². The molecule has 6 nitrogen and oxygen atoms in total. The van der Waals surface area contributed by atoms with Gasteiger partial charge in [0, 0.05) is 6.20 Å². The van der Waals surface area contributed by atoms with Crippen molar-refractivity contribution in [1.82, 2.24) is 4.57 Å². The maximum atomic E-state index is 13.9. The Morgan fingerprint density at radius 1 is 1.26 bits per heavy atom. The first-order chi connectivity index (χ1) is 10.8. The van der Waals surface area contributed by atoms with E-state index in [9.17, 15) is 27.6 Å². The maximum Gasteiger partial charge on any atom is 0.343 e. The molecule has 0 fully saturated rings. The molecule has 1 aromatic carbocycles. The van der Waals surface area contributed by atoms with E-state index in [-0.39, 0.29) is 6.61 Å². The van der Waals surface area contributed by atoms with Crippen molar-refractivity contribution >= 4 is 22.8 Å². The minimum Gasteiger partial charge on any atom is -0.480 e. The number of rotatable bonds is 4. The zero-order chi connectivity index (χ0) is 17.3. The highest BCUT2D eigenvalue weighted by Crippen LogP contribution is 2.22. The molecule has 0 bridgehead atoms. The first-order valence-corrected chi connectivity index (χ1v) is 6.37. The topological polar surface area (TPSA) is 85.6 Å². The van der Waals surface area contributed by atoms with E-state index in [1.54, 1.807) is 0 Å². The van der Waals surface area contributed by atoms with Crippen molar-refractivity contribution < 1.29 is 32.6 Å². The fourth-order valence-corrected chi connectivity index (χ4v) is 2.09. The number of pyridine rings is 1. The third kappa shape index (κ3) is 2.89. The molecule has 1 aromatic heterocycles. The second kappa shape index (κ2) is 6.11. The molecule has 23 heavy (non-hydrogen) atoms. The van der Waals surface area contributed by atoms with Crippen LogP contribution in [0.4, 0.5) is 13.2 Å². The lowest BCUT2D eigenvalue weighted by molar-refractivity contribution is -0.137. The SMILES string of the molecule is CCOC(=O)c1cn(CC(=O)O)c2c(F)c(F)c(F)cc2c1=O. The highest BCUT2D eigenvalue weighted by molar-refractivity contribution is 5.94. The molecule has 2 aromatic rings. The Morgan fingerprint density at radius 3 is 2.48 bits per heavy atom. The number of carbonyl (C=O) groups is 2. The molecule has 0 aliphatic carbocycles. The minimum atomic E-state index is -1.85. The Morgan fingerprint density at radius 2 is 1.91 bits per heavy atom. The number of benzene rings is 1. The number of aliphatic carboxylic acids is 1. The summed E-state index contributed by atoms with van der Waals surface area (Å²) in [5.74, 6) is -7.71. The second-order valence-corrected chi connectivity index (χ2v) is 4.50. The highest BCUT2D eigenvalue weighted by atomic mass is 19.2. The number of nitrogens with zero attached hydrogens (tertiary/aromatic N) is 1. The molecule has 0 saturated heterocycles. The van der Waals surface area contributed by atoms with Crippen LogP contribution in [0.1, 0.15) is 17.3 Å². The molecule has 0 spiro atoms. The lowest BCUT2D eigenvalue weighted by atomic mass is 10.1. The lowest BCUT2D eigenvalue weighted by Crippen LogP contribution is -2.23. The zero-order valence-electron chi connectivity index (χ0n) is 11.7. The molecule has 2 rings (SSSR count). The molecule has 0 saturated carbocycles. The van der Waals surface area contributed by atoms with Crippen LogP contribution in [0.25, 0.3) is 10.9 Å². The summed E-state index contributed by atoms with van der Waals surface area (Å²) in [6, 6.07) is 0.414. The Hall–Kier alpha value is -2.84. The summed E-state index contributed by atoms with van der Waals surface area (Å²) in [7, 11) is 0. The van der Waals surface area contributed by atoms with E-state index in [1.165, 1.54) is 6.92 Å². The van der Waals surface area contributed by atoms with E-state index in [0.717, 1.165) is 6.20 Å². The second-order valence-electron chi connectivity index (χ2n) is 4.50. The predicted octanol–water partition coefficient (Wildman–Crippen LogP) is 1.68. The number of carboxylic acid groups (broad SMARTS) is 1. The summed E-state index contributed by atoms with van der Waals surface area (Å²) in [5, 5.41) is 8.18. The van der Waals surface area contributed by atoms with Gasteiger partial charge >= 0.3 is 11.9 Å². The van der Waals surface area contributed by atoms with Gasteiger partial charge in [0.1, 0.15) is 12.1 Å². The van der Waals surface area contributed by atoms with Gasteiger partial charge in [-0.15, -0.1) is 0 Å². The van der Waals surface area contributed by atoms with Gasteiger partial charge in [0.05, 0.1) is 17.5 Å². The van der Waals surface area contributed by atoms with Crippen LogP contribution in [-0.2, 0) is 16.1 Å². The Labute approximate surface area is 126 Å². The molecule has 0 amide bonds. The molecular formula is C14H10F3NO5. The van der Waals surface area contributed by atoms with Crippen LogP contribution in [0.2, 0.25) is 0 Å². The van der Waals surface area contributed by atoms with Gasteiger partial charge in [-0.1, -0.05) is 0 Å². The van der Waals surface area contributed by atoms with Gasteiger partial charge in [-0.25, -0.2) is 18.0 Å². The molecule has 1 heterocycles. The molecule has 9 heteroatoms. The zero-order valence-corrected chi connectivity index (χ0v) is 11.7. The van der Waals surface area contributed by atoms with Gasteiger partial charge in [-0.05, 0) is 13.0 Å². The minimum absolute atomic E-state index is 0.0681. The third-order valence-corrected chi connectivity index (χ3v) is 3.00. The van der Waals surface area contributed by atoms with Crippen molar-refractivity contribution in [3.05, 3.63) is 45.5 Å². The fraction of sp³-hybridized carbons (Fsp3) is 0.214. The van der Waals surface area contributed by atoms with Crippen LogP contribution in [0.15, 0.2) is 17.1 Å². The Kier molecular flexibility index (Phi) is 4.39. The quantitative estimate of drug-likeness (QED) is 0.681.